The maximum Gasteiger partial charge on any atom is 0.0951 e. The van der Waals surface area contributed by atoms with Crippen LogP contribution in [-0.2, 0) is 6.54 Å². The summed E-state index contributed by atoms with van der Waals surface area (Å²) in [6.45, 7) is 2.19. The number of nitrogens with zero attached hydrogens (tertiary/aromatic N) is 2. The van der Waals surface area contributed by atoms with E-state index in [0.29, 0.717) is 6.04 Å². The van der Waals surface area contributed by atoms with Gasteiger partial charge in [-0.3, -0.25) is 0 Å². The monoisotopic (exact) mass is 233 g/mol. The number of rotatable bonds is 3. The number of nitrogens with one attached hydrogen (secondary N) is 1. The van der Waals surface area contributed by atoms with Gasteiger partial charge >= 0.3 is 0 Å². The molecule has 0 aromatic carbocycles. The van der Waals surface area contributed by atoms with Gasteiger partial charge in [-0.15, -0.1) is 0 Å². The van der Waals surface area contributed by atoms with Crippen molar-refractivity contribution in [1.29, 1.82) is 0 Å². The lowest BCUT2D eigenvalue weighted by atomic mass is 10.2. The van der Waals surface area contributed by atoms with Crippen LogP contribution in [-0.4, -0.2) is 22.1 Å². The van der Waals surface area contributed by atoms with Crippen LogP contribution >= 0.6 is 11.3 Å². The van der Waals surface area contributed by atoms with Crippen LogP contribution in [0.1, 0.15) is 12.8 Å². The van der Waals surface area contributed by atoms with E-state index >= 15 is 0 Å². The fourth-order valence-electron chi connectivity index (χ4n) is 2.27. The lowest BCUT2D eigenvalue weighted by Gasteiger charge is -2.13. The fraction of sp³-hybridized carbons (Fsp3) is 0.417. The third kappa shape index (κ3) is 1.90. The zero-order chi connectivity index (χ0) is 10.8. The van der Waals surface area contributed by atoms with Crippen molar-refractivity contribution in [3.63, 3.8) is 0 Å². The predicted octanol–water partition coefficient (Wildman–Crippen LogP) is 2.36. The molecule has 0 saturated carbocycles. The standard InChI is InChI=1S/C12H15N3S/c1-2-11(14-4-1)7-15-9-13-6-12(15)10-3-5-16-8-10/h3,5-6,8-9,11,14H,1-2,4,7H2. The van der Waals surface area contributed by atoms with Gasteiger partial charge in [0.1, 0.15) is 0 Å². The first-order chi connectivity index (χ1) is 7.93. The Bertz CT molecular complexity index is 441. The number of hydrogen-bond donors (Lipinski definition) is 1. The molecular weight excluding hydrogens is 218 g/mol. The molecule has 1 unspecified atom stereocenters. The van der Waals surface area contributed by atoms with Crippen molar-refractivity contribution in [2.75, 3.05) is 6.54 Å². The summed E-state index contributed by atoms with van der Waals surface area (Å²) in [5.74, 6) is 0. The normalized spacial score (nSPS) is 20.4. The second kappa shape index (κ2) is 4.39. The Kier molecular flexibility index (Phi) is 2.76. The lowest BCUT2D eigenvalue weighted by Crippen LogP contribution is -2.26. The van der Waals surface area contributed by atoms with Crippen molar-refractivity contribution >= 4 is 11.3 Å². The maximum atomic E-state index is 4.26. The Hall–Kier alpha value is -1.13. The summed E-state index contributed by atoms with van der Waals surface area (Å²) in [4.78, 5) is 4.26. The summed E-state index contributed by atoms with van der Waals surface area (Å²) < 4.78 is 2.26. The average molecular weight is 233 g/mol. The Morgan fingerprint density at radius 3 is 3.31 bits per heavy atom. The van der Waals surface area contributed by atoms with Gasteiger partial charge in [-0.2, -0.15) is 11.3 Å². The molecule has 0 aliphatic carbocycles. The molecular formula is C12H15N3S. The molecule has 1 N–H and O–H groups in total. The summed E-state index contributed by atoms with van der Waals surface area (Å²) >= 11 is 1.73. The zero-order valence-corrected chi connectivity index (χ0v) is 9.91. The molecule has 16 heavy (non-hydrogen) atoms. The van der Waals surface area contributed by atoms with Gasteiger partial charge in [-0.1, -0.05) is 0 Å². The molecule has 2 aromatic heterocycles. The van der Waals surface area contributed by atoms with E-state index in [0.717, 1.165) is 13.1 Å². The molecule has 0 radical (unpaired) electrons. The molecule has 3 heterocycles. The summed E-state index contributed by atoms with van der Waals surface area (Å²) in [6, 6.07) is 2.77. The van der Waals surface area contributed by atoms with E-state index < -0.39 is 0 Å². The van der Waals surface area contributed by atoms with E-state index in [2.05, 4.69) is 31.7 Å². The van der Waals surface area contributed by atoms with Crippen LogP contribution in [0.2, 0.25) is 0 Å². The predicted molar refractivity (Wildman–Crippen MR) is 66.6 cm³/mol. The van der Waals surface area contributed by atoms with Crippen LogP contribution < -0.4 is 5.32 Å². The SMILES string of the molecule is c1cc(-c2cncn2CC2CCCN2)cs1. The van der Waals surface area contributed by atoms with E-state index in [1.165, 1.54) is 24.1 Å². The highest BCUT2D eigenvalue weighted by molar-refractivity contribution is 7.08. The molecule has 0 spiro atoms. The molecule has 4 heteroatoms. The molecule has 0 bridgehead atoms. The van der Waals surface area contributed by atoms with Crippen LogP contribution in [0.25, 0.3) is 11.3 Å². The number of aromatic nitrogens is 2. The highest BCUT2D eigenvalue weighted by Crippen LogP contribution is 2.22. The van der Waals surface area contributed by atoms with Gasteiger partial charge < -0.3 is 9.88 Å². The van der Waals surface area contributed by atoms with Gasteiger partial charge in [-0.25, -0.2) is 4.98 Å². The van der Waals surface area contributed by atoms with Gasteiger partial charge in [0.2, 0.25) is 0 Å². The van der Waals surface area contributed by atoms with Gasteiger partial charge in [0.05, 0.1) is 18.2 Å². The first kappa shape index (κ1) is 10.1. The van der Waals surface area contributed by atoms with E-state index in [4.69, 9.17) is 0 Å². The molecule has 1 saturated heterocycles. The summed E-state index contributed by atoms with van der Waals surface area (Å²) in [7, 11) is 0. The Morgan fingerprint density at radius 2 is 2.56 bits per heavy atom. The van der Waals surface area contributed by atoms with Crippen LogP contribution in [0.5, 0.6) is 0 Å². The minimum atomic E-state index is 0.617. The number of hydrogen-bond acceptors (Lipinski definition) is 3. The third-order valence-electron chi connectivity index (χ3n) is 3.11. The molecule has 1 fully saturated rings. The quantitative estimate of drug-likeness (QED) is 0.882. The third-order valence-corrected chi connectivity index (χ3v) is 3.79. The van der Waals surface area contributed by atoms with Crippen molar-refractivity contribution in [2.45, 2.75) is 25.4 Å². The van der Waals surface area contributed by atoms with Crippen LogP contribution in [0.3, 0.4) is 0 Å². The minimum absolute atomic E-state index is 0.617. The smallest absolute Gasteiger partial charge is 0.0951 e. The number of thiophene rings is 1. The molecule has 84 valence electrons. The molecule has 1 atom stereocenters. The summed E-state index contributed by atoms with van der Waals surface area (Å²) in [5.41, 5.74) is 2.51. The second-order valence-corrected chi connectivity index (χ2v) is 5.02. The first-order valence-corrected chi connectivity index (χ1v) is 6.64. The van der Waals surface area contributed by atoms with Gasteiger partial charge in [-0.05, 0) is 30.8 Å². The molecule has 3 rings (SSSR count). The molecule has 1 aliphatic heterocycles. The van der Waals surface area contributed by atoms with E-state index in [9.17, 15) is 0 Å². The highest BCUT2D eigenvalue weighted by Gasteiger charge is 2.16. The molecule has 3 nitrogen and oxygen atoms in total. The first-order valence-electron chi connectivity index (χ1n) is 5.69. The topological polar surface area (TPSA) is 29.9 Å². The van der Waals surface area contributed by atoms with Crippen molar-refractivity contribution in [2.24, 2.45) is 0 Å². The van der Waals surface area contributed by atoms with Crippen LogP contribution in [0.15, 0.2) is 29.4 Å². The largest absolute Gasteiger partial charge is 0.329 e. The van der Waals surface area contributed by atoms with Gasteiger partial charge in [0.25, 0.3) is 0 Å². The van der Waals surface area contributed by atoms with Crippen molar-refractivity contribution in [3.05, 3.63) is 29.4 Å². The van der Waals surface area contributed by atoms with Gasteiger partial charge in [0, 0.05) is 23.5 Å². The summed E-state index contributed by atoms with van der Waals surface area (Å²) in [5, 5.41) is 7.81. The van der Waals surface area contributed by atoms with E-state index in [-0.39, 0.29) is 0 Å². The zero-order valence-electron chi connectivity index (χ0n) is 9.10. The average Bonchev–Trinajstić information content (AvgIpc) is 2.98. The van der Waals surface area contributed by atoms with Crippen molar-refractivity contribution < 1.29 is 0 Å². The minimum Gasteiger partial charge on any atom is -0.329 e. The van der Waals surface area contributed by atoms with Crippen LogP contribution in [0, 0.1) is 0 Å². The van der Waals surface area contributed by atoms with Crippen molar-refractivity contribution in [3.8, 4) is 11.3 Å². The molecule has 0 amide bonds. The van der Waals surface area contributed by atoms with Gasteiger partial charge in [0.15, 0.2) is 0 Å². The highest BCUT2D eigenvalue weighted by atomic mass is 32.1. The molecule has 2 aromatic rings. The van der Waals surface area contributed by atoms with E-state index in [1.54, 1.807) is 11.3 Å². The van der Waals surface area contributed by atoms with Crippen LogP contribution in [0.4, 0.5) is 0 Å². The Morgan fingerprint density at radius 1 is 1.56 bits per heavy atom. The Labute approximate surface area is 99.1 Å². The van der Waals surface area contributed by atoms with Crippen molar-refractivity contribution in [1.82, 2.24) is 14.9 Å². The summed E-state index contributed by atoms with van der Waals surface area (Å²) in [6.07, 6.45) is 6.47. The fourth-order valence-corrected chi connectivity index (χ4v) is 2.92. The van der Waals surface area contributed by atoms with E-state index in [1.807, 2.05) is 12.5 Å². The second-order valence-electron chi connectivity index (χ2n) is 4.24. The molecule has 1 aliphatic rings. The Balaban J connectivity index is 1.82. The lowest BCUT2D eigenvalue weighted by molar-refractivity contribution is 0.512. The maximum absolute atomic E-state index is 4.26. The number of imidazole rings is 1.